The third-order valence-electron chi connectivity index (χ3n) is 2.65. The molecule has 1 atom stereocenters. The number of rotatable bonds is 6. The van der Waals surface area contributed by atoms with E-state index in [1.807, 2.05) is 24.3 Å². The second-order valence-electron chi connectivity index (χ2n) is 5.40. The highest BCUT2D eigenvalue weighted by molar-refractivity contribution is 6.69. The molecule has 1 aromatic rings. The van der Waals surface area contributed by atoms with E-state index in [-0.39, 0.29) is 0 Å². The molecule has 4 nitrogen and oxygen atoms in total. The fourth-order valence-corrected chi connectivity index (χ4v) is 2.70. The van der Waals surface area contributed by atoms with E-state index in [1.165, 1.54) is 7.11 Å². The zero-order chi connectivity index (χ0) is 15.3. The summed E-state index contributed by atoms with van der Waals surface area (Å²) in [5, 5.41) is 0. The van der Waals surface area contributed by atoms with E-state index in [1.54, 1.807) is 7.11 Å². The molecule has 0 bridgehead atoms. The Hall–Kier alpha value is -1.59. The standard InChI is InChI=1S/C15H22O4Si/c1-11(15(16)18-3)14(19-20(4,5)6)12-7-9-13(17-2)10-8-12/h7-10,14H,1H2,2-6H3. The van der Waals surface area contributed by atoms with Crippen molar-refractivity contribution in [3.8, 4) is 5.75 Å². The van der Waals surface area contributed by atoms with Crippen molar-refractivity contribution >= 4 is 14.3 Å². The molecular weight excluding hydrogens is 272 g/mol. The Labute approximate surface area is 121 Å². The summed E-state index contributed by atoms with van der Waals surface area (Å²) in [5.74, 6) is 0.299. The van der Waals surface area contributed by atoms with Crippen LogP contribution in [0.3, 0.4) is 0 Å². The average Bonchev–Trinajstić information content (AvgIpc) is 2.42. The Balaban J connectivity index is 3.08. The molecule has 0 amide bonds. The highest BCUT2D eigenvalue weighted by atomic mass is 28.4. The molecule has 0 fully saturated rings. The second-order valence-corrected chi connectivity index (χ2v) is 9.86. The zero-order valence-corrected chi connectivity index (χ0v) is 13.7. The van der Waals surface area contributed by atoms with Gasteiger partial charge in [0.2, 0.25) is 0 Å². The monoisotopic (exact) mass is 294 g/mol. The van der Waals surface area contributed by atoms with Crippen molar-refractivity contribution in [2.75, 3.05) is 14.2 Å². The first-order chi connectivity index (χ1) is 9.28. The van der Waals surface area contributed by atoms with E-state index >= 15 is 0 Å². The van der Waals surface area contributed by atoms with Gasteiger partial charge in [-0.1, -0.05) is 18.7 Å². The molecule has 0 saturated carbocycles. The maximum atomic E-state index is 11.7. The SMILES string of the molecule is C=C(C(=O)OC)C(O[Si](C)(C)C)c1ccc(OC)cc1. The maximum absolute atomic E-state index is 11.7. The largest absolute Gasteiger partial charge is 0.497 e. The van der Waals surface area contributed by atoms with Crippen LogP contribution in [0.5, 0.6) is 5.75 Å². The summed E-state index contributed by atoms with van der Waals surface area (Å²) in [5.41, 5.74) is 1.17. The van der Waals surface area contributed by atoms with Crippen molar-refractivity contribution in [3.05, 3.63) is 42.0 Å². The maximum Gasteiger partial charge on any atom is 0.336 e. The van der Waals surface area contributed by atoms with Gasteiger partial charge in [-0.05, 0) is 37.3 Å². The summed E-state index contributed by atoms with van der Waals surface area (Å²) in [6.45, 7) is 10.0. The van der Waals surface area contributed by atoms with E-state index in [0.717, 1.165) is 11.3 Å². The minimum Gasteiger partial charge on any atom is -0.497 e. The van der Waals surface area contributed by atoms with Crippen LogP contribution in [0.25, 0.3) is 0 Å². The number of esters is 1. The molecule has 1 aromatic carbocycles. The molecular formula is C15H22O4Si. The smallest absolute Gasteiger partial charge is 0.336 e. The number of benzene rings is 1. The molecule has 1 unspecified atom stereocenters. The lowest BCUT2D eigenvalue weighted by atomic mass is 10.0. The van der Waals surface area contributed by atoms with Crippen molar-refractivity contribution in [2.45, 2.75) is 25.7 Å². The zero-order valence-electron chi connectivity index (χ0n) is 12.7. The molecule has 0 saturated heterocycles. The summed E-state index contributed by atoms with van der Waals surface area (Å²) in [4.78, 5) is 11.7. The van der Waals surface area contributed by atoms with E-state index in [2.05, 4.69) is 26.2 Å². The van der Waals surface area contributed by atoms with E-state index in [9.17, 15) is 4.79 Å². The van der Waals surface area contributed by atoms with Crippen LogP contribution in [0.15, 0.2) is 36.4 Å². The van der Waals surface area contributed by atoms with Crippen molar-refractivity contribution < 1.29 is 18.7 Å². The summed E-state index contributed by atoms with van der Waals surface area (Å²) < 4.78 is 16.0. The number of hydrogen-bond acceptors (Lipinski definition) is 4. The summed E-state index contributed by atoms with van der Waals surface area (Å²) >= 11 is 0. The number of carbonyl (C=O) groups is 1. The van der Waals surface area contributed by atoms with Gasteiger partial charge in [0.25, 0.3) is 0 Å². The van der Waals surface area contributed by atoms with Crippen LogP contribution in [0.4, 0.5) is 0 Å². The Bertz CT molecular complexity index is 474. The van der Waals surface area contributed by atoms with Gasteiger partial charge in [0.05, 0.1) is 19.8 Å². The van der Waals surface area contributed by atoms with E-state index < -0.39 is 20.4 Å². The molecule has 0 heterocycles. The van der Waals surface area contributed by atoms with Gasteiger partial charge >= 0.3 is 5.97 Å². The van der Waals surface area contributed by atoms with Crippen molar-refractivity contribution in [1.29, 1.82) is 0 Å². The van der Waals surface area contributed by atoms with Gasteiger partial charge in [-0.25, -0.2) is 4.79 Å². The van der Waals surface area contributed by atoms with E-state index in [4.69, 9.17) is 13.9 Å². The molecule has 0 spiro atoms. The van der Waals surface area contributed by atoms with Gasteiger partial charge in [-0.2, -0.15) is 0 Å². The Kier molecular flexibility index (Phi) is 5.53. The van der Waals surface area contributed by atoms with Crippen LogP contribution in [0, 0.1) is 0 Å². The molecule has 0 radical (unpaired) electrons. The molecule has 0 aliphatic rings. The van der Waals surface area contributed by atoms with Crippen LogP contribution in [-0.4, -0.2) is 28.5 Å². The van der Waals surface area contributed by atoms with Gasteiger partial charge in [0.1, 0.15) is 11.9 Å². The quantitative estimate of drug-likeness (QED) is 0.459. The highest BCUT2D eigenvalue weighted by Gasteiger charge is 2.28. The van der Waals surface area contributed by atoms with Crippen LogP contribution >= 0.6 is 0 Å². The van der Waals surface area contributed by atoms with Gasteiger partial charge in [-0.3, -0.25) is 0 Å². The summed E-state index contributed by atoms with van der Waals surface area (Å²) in [7, 11) is 1.10. The summed E-state index contributed by atoms with van der Waals surface area (Å²) in [6, 6.07) is 7.41. The molecule has 5 heteroatoms. The molecule has 110 valence electrons. The second kappa shape index (κ2) is 6.72. The molecule has 0 aromatic heterocycles. The number of ether oxygens (including phenoxy) is 2. The van der Waals surface area contributed by atoms with Gasteiger partial charge in [0.15, 0.2) is 8.32 Å². The lowest BCUT2D eigenvalue weighted by Gasteiger charge is -2.27. The van der Waals surface area contributed by atoms with Crippen molar-refractivity contribution in [3.63, 3.8) is 0 Å². The fourth-order valence-electron chi connectivity index (χ4n) is 1.71. The van der Waals surface area contributed by atoms with Crippen molar-refractivity contribution in [2.24, 2.45) is 0 Å². The molecule has 0 N–H and O–H groups in total. The minimum absolute atomic E-state index is 0.306. The Morgan fingerprint density at radius 2 is 1.70 bits per heavy atom. The number of carbonyl (C=O) groups excluding carboxylic acids is 1. The third kappa shape index (κ3) is 4.50. The summed E-state index contributed by atoms with van der Waals surface area (Å²) in [6.07, 6.45) is -0.486. The third-order valence-corrected chi connectivity index (χ3v) is 3.60. The predicted molar refractivity (Wildman–Crippen MR) is 81.3 cm³/mol. The normalized spacial score (nSPS) is 12.7. The average molecular weight is 294 g/mol. The van der Waals surface area contributed by atoms with Gasteiger partial charge in [-0.15, -0.1) is 0 Å². The van der Waals surface area contributed by atoms with Crippen LogP contribution < -0.4 is 4.74 Å². The van der Waals surface area contributed by atoms with Gasteiger partial charge in [0, 0.05) is 0 Å². The van der Waals surface area contributed by atoms with Crippen LogP contribution in [0.1, 0.15) is 11.7 Å². The number of hydrogen-bond donors (Lipinski definition) is 0. The van der Waals surface area contributed by atoms with E-state index in [0.29, 0.717) is 5.57 Å². The fraction of sp³-hybridized carbons (Fsp3) is 0.400. The number of methoxy groups -OCH3 is 2. The van der Waals surface area contributed by atoms with Crippen LogP contribution in [-0.2, 0) is 14.0 Å². The first-order valence-electron chi connectivity index (χ1n) is 6.37. The van der Waals surface area contributed by atoms with Crippen molar-refractivity contribution in [1.82, 2.24) is 0 Å². The molecule has 0 aliphatic heterocycles. The molecule has 1 rings (SSSR count). The first kappa shape index (κ1) is 16.5. The van der Waals surface area contributed by atoms with Crippen LogP contribution in [0.2, 0.25) is 19.6 Å². The lowest BCUT2D eigenvalue weighted by molar-refractivity contribution is -0.137. The minimum atomic E-state index is -1.85. The Morgan fingerprint density at radius 3 is 2.10 bits per heavy atom. The topological polar surface area (TPSA) is 44.8 Å². The first-order valence-corrected chi connectivity index (χ1v) is 9.78. The predicted octanol–water partition coefficient (Wildman–Crippen LogP) is 3.32. The molecule has 20 heavy (non-hydrogen) atoms. The Morgan fingerprint density at radius 1 is 1.15 bits per heavy atom. The van der Waals surface area contributed by atoms with Gasteiger partial charge < -0.3 is 13.9 Å². The highest BCUT2D eigenvalue weighted by Crippen LogP contribution is 2.30. The molecule has 0 aliphatic carbocycles. The lowest BCUT2D eigenvalue weighted by Crippen LogP contribution is -2.30.